The van der Waals surface area contributed by atoms with Crippen LogP contribution in [-0.2, 0) is 14.8 Å². The Morgan fingerprint density at radius 2 is 1.88 bits per heavy atom. The van der Waals surface area contributed by atoms with Gasteiger partial charge in [0.25, 0.3) is 0 Å². The van der Waals surface area contributed by atoms with Crippen LogP contribution in [0.1, 0.15) is 24.8 Å². The summed E-state index contributed by atoms with van der Waals surface area (Å²) < 4.78 is 28.4. The molecule has 6 nitrogen and oxygen atoms in total. The van der Waals surface area contributed by atoms with Gasteiger partial charge in [0.15, 0.2) is 0 Å². The van der Waals surface area contributed by atoms with E-state index < -0.39 is 10.0 Å². The summed E-state index contributed by atoms with van der Waals surface area (Å²) >= 11 is 7.93. The molecule has 0 saturated carbocycles. The van der Waals surface area contributed by atoms with Gasteiger partial charge in [-0.15, -0.1) is 11.8 Å². The van der Waals surface area contributed by atoms with Crippen LogP contribution in [-0.4, -0.2) is 53.4 Å². The molecule has 1 amide bonds. The number of carbonyl (C=O) groups is 1. The number of likely N-dealkylation sites (N-methyl/N-ethyl adjacent to an activating group) is 1. The molecule has 1 aromatic heterocycles. The molecule has 2 unspecified atom stereocenters. The number of hydrogen-bond acceptors (Lipinski definition) is 5. The highest BCUT2D eigenvalue weighted by Gasteiger charge is 2.39. The summed E-state index contributed by atoms with van der Waals surface area (Å²) in [5.74, 6) is -0.0137. The largest absolute Gasteiger partial charge is 0.324 e. The van der Waals surface area contributed by atoms with Crippen LogP contribution in [0.4, 0.5) is 0 Å². The van der Waals surface area contributed by atoms with Crippen LogP contribution < -0.4 is 0 Å². The van der Waals surface area contributed by atoms with Gasteiger partial charge < -0.3 is 4.90 Å². The number of benzene rings is 2. The quantitative estimate of drug-likeness (QED) is 0.486. The van der Waals surface area contributed by atoms with Crippen molar-refractivity contribution in [2.24, 2.45) is 0 Å². The number of hydrogen-bond donors (Lipinski definition) is 0. The van der Waals surface area contributed by atoms with Crippen molar-refractivity contribution in [2.75, 3.05) is 19.6 Å². The van der Waals surface area contributed by atoms with Gasteiger partial charge in [0.2, 0.25) is 15.9 Å². The van der Waals surface area contributed by atoms with Crippen LogP contribution in [0.3, 0.4) is 0 Å². The maximum absolute atomic E-state index is 13.5. The highest BCUT2D eigenvalue weighted by atomic mass is 35.5. The molecule has 1 fully saturated rings. The maximum atomic E-state index is 13.5. The van der Waals surface area contributed by atoms with E-state index in [2.05, 4.69) is 4.98 Å². The average Bonchev–Trinajstić information content (AvgIpc) is 3.07. The van der Waals surface area contributed by atoms with Crippen molar-refractivity contribution in [1.29, 1.82) is 0 Å². The Bertz CT molecular complexity index is 1250. The topological polar surface area (TPSA) is 70.6 Å². The van der Waals surface area contributed by atoms with E-state index in [-0.39, 0.29) is 41.1 Å². The predicted octanol–water partition coefficient (Wildman–Crippen LogP) is 4.56. The lowest BCUT2D eigenvalue weighted by atomic mass is 10.2. The van der Waals surface area contributed by atoms with E-state index in [1.165, 1.54) is 16.1 Å². The predicted molar refractivity (Wildman–Crippen MR) is 129 cm³/mol. The van der Waals surface area contributed by atoms with E-state index in [9.17, 15) is 13.2 Å². The van der Waals surface area contributed by atoms with Crippen molar-refractivity contribution in [3.8, 4) is 0 Å². The fraction of sp³-hybridized carbons (Fsp3) is 0.304. The number of pyridine rings is 1. The summed E-state index contributed by atoms with van der Waals surface area (Å²) in [5, 5.41) is 0.902. The second kappa shape index (κ2) is 9.39. The first-order chi connectivity index (χ1) is 15.3. The van der Waals surface area contributed by atoms with Crippen molar-refractivity contribution in [2.45, 2.75) is 29.4 Å². The van der Waals surface area contributed by atoms with E-state index in [1.54, 1.807) is 42.3 Å². The van der Waals surface area contributed by atoms with Gasteiger partial charge in [0, 0.05) is 41.8 Å². The Morgan fingerprint density at radius 3 is 2.62 bits per heavy atom. The van der Waals surface area contributed by atoms with Gasteiger partial charge in [-0.3, -0.25) is 9.78 Å². The Kier molecular flexibility index (Phi) is 6.76. The van der Waals surface area contributed by atoms with E-state index in [0.717, 1.165) is 10.9 Å². The fourth-order valence-electron chi connectivity index (χ4n) is 3.91. The molecule has 2 aromatic carbocycles. The first-order valence-corrected chi connectivity index (χ1v) is 13.1. The monoisotopic (exact) mass is 489 g/mol. The van der Waals surface area contributed by atoms with Gasteiger partial charge >= 0.3 is 0 Å². The zero-order valence-electron chi connectivity index (χ0n) is 17.8. The lowest BCUT2D eigenvalue weighted by Gasteiger charge is -2.28. The molecule has 3 aromatic rings. The fourth-order valence-corrected chi connectivity index (χ4v) is 7.17. The SMILES string of the molecule is CCN(CCN1C(=O)C(C)SC1c1ccccc1Cl)S(=O)(=O)c1cccc2cccnc12. The second-order valence-corrected chi connectivity index (χ2v) is 11.3. The molecule has 0 N–H and O–H groups in total. The van der Waals surface area contributed by atoms with Crippen molar-refractivity contribution >= 4 is 50.2 Å². The first-order valence-electron chi connectivity index (χ1n) is 10.4. The Labute approximate surface area is 197 Å². The van der Waals surface area contributed by atoms with Crippen LogP contribution in [0.2, 0.25) is 5.02 Å². The van der Waals surface area contributed by atoms with Gasteiger partial charge in [0.05, 0.1) is 10.8 Å². The smallest absolute Gasteiger partial charge is 0.245 e. The molecule has 0 spiro atoms. The number of para-hydroxylation sites is 1. The molecule has 1 saturated heterocycles. The van der Waals surface area contributed by atoms with Gasteiger partial charge in [-0.2, -0.15) is 4.31 Å². The number of thioether (sulfide) groups is 1. The van der Waals surface area contributed by atoms with Crippen LogP contribution in [0.5, 0.6) is 0 Å². The summed E-state index contributed by atoms with van der Waals surface area (Å²) in [7, 11) is -3.79. The molecule has 1 aliphatic heterocycles. The zero-order valence-corrected chi connectivity index (χ0v) is 20.2. The van der Waals surface area contributed by atoms with Crippen LogP contribution >= 0.6 is 23.4 Å². The van der Waals surface area contributed by atoms with Crippen molar-refractivity contribution < 1.29 is 13.2 Å². The van der Waals surface area contributed by atoms with Crippen LogP contribution in [0.25, 0.3) is 10.9 Å². The number of halogens is 1. The minimum absolute atomic E-state index is 0.0137. The summed E-state index contributed by atoms with van der Waals surface area (Å²) in [6, 6.07) is 16.2. The number of rotatable bonds is 7. The molecule has 4 rings (SSSR count). The molecule has 168 valence electrons. The van der Waals surface area contributed by atoms with E-state index in [1.807, 2.05) is 37.3 Å². The van der Waals surface area contributed by atoms with Gasteiger partial charge in [-0.05, 0) is 25.1 Å². The third kappa shape index (κ3) is 4.24. The molecular formula is C23H24ClN3O3S2. The molecule has 0 aliphatic carbocycles. The Hall–Kier alpha value is -2.13. The highest BCUT2D eigenvalue weighted by molar-refractivity contribution is 8.01. The van der Waals surface area contributed by atoms with Gasteiger partial charge in [-0.25, -0.2) is 8.42 Å². The summed E-state index contributed by atoms with van der Waals surface area (Å²) in [6.45, 7) is 4.41. The van der Waals surface area contributed by atoms with Crippen LogP contribution in [0.15, 0.2) is 65.7 Å². The molecule has 2 heterocycles. The van der Waals surface area contributed by atoms with Gasteiger partial charge in [-0.1, -0.05) is 54.9 Å². The zero-order chi connectivity index (χ0) is 22.9. The lowest BCUT2D eigenvalue weighted by Crippen LogP contribution is -2.40. The van der Waals surface area contributed by atoms with Crippen molar-refractivity contribution in [3.05, 3.63) is 71.4 Å². The summed E-state index contributed by atoms with van der Waals surface area (Å²) in [6.07, 6.45) is 1.59. The number of amides is 1. The van der Waals surface area contributed by atoms with Crippen molar-refractivity contribution in [1.82, 2.24) is 14.2 Å². The molecule has 0 bridgehead atoms. The minimum atomic E-state index is -3.79. The lowest BCUT2D eigenvalue weighted by molar-refractivity contribution is -0.129. The first kappa shape index (κ1) is 23.0. The Morgan fingerprint density at radius 1 is 1.12 bits per heavy atom. The van der Waals surface area contributed by atoms with Gasteiger partial charge in [0.1, 0.15) is 10.3 Å². The number of sulfonamides is 1. The Balaban J connectivity index is 1.60. The molecule has 32 heavy (non-hydrogen) atoms. The highest BCUT2D eigenvalue weighted by Crippen LogP contribution is 2.44. The normalized spacial score (nSPS) is 19.2. The molecule has 0 radical (unpaired) electrons. The van der Waals surface area contributed by atoms with E-state index in [4.69, 9.17) is 11.6 Å². The molecule has 9 heteroatoms. The second-order valence-electron chi connectivity index (χ2n) is 7.51. The average molecular weight is 490 g/mol. The standard InChI is InChI=1S/C23H24ClN3O3S2/c1-3-26(32(29,30)20-12-6-8-17-9-7-13-25-21(17)20)14-15-27-22(28)16(2)31-23(27)18-10-4-5-11-19(18)24/h4-13,16,23H,3,14-15H2,1-2H3. The van der Waals surface area contributed by atoms with E-state index >= 15 is 0 Å². The number of aromatic nitrogens is 1. The maximum Gasteiger partial charge on any atom is 0.245 e. The summed E-state index contributed by atoms with van der Waals surface area (Å²) in [4.78, 5) is 19.1. The summed E-state index contributed by atoms with van der Waals surface area (Å²) in [5.41, 5.74) is 1.31. The van der Waals surface area contributed by atoms with E-state index in [0.29, 0.717) is 10.5 Å². The minimum Gasteiger partial charge on any atom is -0.324 e. The number of fused-ring (bicyclic) bond motifs is 1. The molecular weight excluding hydrogens is 466 g/mol. The third-order valence-corrected chi connectivity index (χ3v) is 9.30. The number of nitrogens with zero attached hydrogens (tertiary/aromatic N) is 3. The third-order valence-electron chi connectivity index (χ3n) is 5.57. The van der Waals surface area contributed by atoms with Crippen molar-refractivity contribution in [3.63, 3.8) is 0 Å². The number of carbonyl (C=O) groups excluding carboxylic acids is 1. The van der Waals surface area contributed by atoms with Crippen LogP contribution in [0, 0.1) is 0 Å². The molecule has 2 atom stereocenters. The molecule has 1 aliphatic rings.